The van der Waals surface area contributed by atoms with E-state index in [2.05, 4.69) is 15.0 Å². The fourth-order valence-electron chi connectivity index (χ4n) is 3.00. The summed E-state index contributed by atoms with van der Waals surface area (Å²) in [4.78, 5) is 12.4. The van der Waals surface area contributed by atoms with Gasteiger partial charge in [-0.3, -0.25) is 4.57 Å². The van der Waals surface area contributed by atoms with Gasteiger partial charge >= 0.3 is 0 Å². The molecule has 142 valence electrons. The molecule has 9 nitrogen and oxygen atoms in total. The van der Waals surface area contributed by atoms with Crippen molar-refractivity contribution in [3.63, 3.8) is 0 Å². The highest BCUT2D eigenvalue weighted by Crippen LogP contribution is 2.34. The minimum atomic E-state index is -1.76. The van der Waals surface area contributed by atoms with E-state index in [1.165, 1.54) is 10.9 Å². The van der Waals surface area contributed by atoms with E-state index in [4.69, 9.17) is 15.2 Å². The fourth-order valence-corrected chi connectivity index (χ4v) is 3.00. The van der Waals surface area contributed by atoms with Gasteiger partial charge in [-0.05, 0) is 5.56 Å². The number of hydrogen-bond acceptors (Lipinski definition) is 8. The minimum absolute atomic E-state index is 0.0695. The maximum Gasteiger partial charge on any atom is 0.247 e. The summed E-state index contributed by atoms with van der Waals surface area (Å²) < 4.78 is 26.9. The molecule has 0 radical (unpaired) electrons. The lowest BCUT2D eigenvalue weighted by molar-refractivity contribution is -0.0459. The number of alkyl halides is 1. The fraction of sp³-hybridized carbons (Fsp3) is 0.353. The second kappa shape index (κ2) is 7.06. The van der Waals surface area contributed by atoms with Crippen molar-refractivity contribution >= 4 is 17.1 Å². The molecule has 0 aliphatic carbocycles. The van der Waals surface area contributed by atoms with Crippen molar-refractivity contribution < 1.29 is 24.1 Å². The largest absolute Gasteiger partial charge is 0.471 e. The van der Waals surface area contributed by atoms with E-state index >= 15 is 0 Å². The quantitative estimate of drug-likeness (QED) is 0.591. The van der Waals surface area contributed by atoms with E-state index in [9.17, 15) is 14.6 Å². The molecule has 4 atom stereocenters. The van der Waals surface area contributed by atoms with Crippen molar-refractivity contribution in [2.45, 2.75) is 31.2 Å². The van der Waals surface area contributed by atoms with Crippen LogP contribution in [0.4, 0.5) is 10.3 Å². The second-order valence-electron chi connectivity index (χ2n) is 6.17. The highest BCUT2D eigenvalue weighted by Gasteiger charge is 2.45. The lowest BCUT2D eigenvalue weighted by atomic mass is 10.1. The van der Waals surface area contributed by atoms with E-state index in [1.54, 1.807) is 0 Å². The highest BCUT2D eigenvalue weighted by atomic mass is 19.1. The first-order valence-corrected chi connectivity index (χ1v) is 8.33. The summed E-state index contributed by atoms with van der Waals surface area (Å²) in [6.45, 7) is -0.260. The van der Waals surface area contributed by atoms with Crippen LogP contribution in [0.25, 0.3) is 11.2 Å². The van der Waals surface area contributed by atoms with Crippen LogP contribution in [-0.2, 0) is 11.3 Å². The molecule has 0 amide bonds. The number of imidazole rings is 1. The molecule has 1 aliphatic rings. The molecule has 3 heterocycles. The van der Waals surface area contributed by atoms with Crippen molar-refractivity contribution in [1.29, 1.82) is 0 Å². The average molecular weight is 375 g/mol. The van der Waals surface area contributed by atoms with Crippen molar-refractivity contribution in [2.24, 2.45) is 0 Å². The van der Waals surface area contributed by atoms with Crippen molar-refractivity contribution in [2.75, 3.05) is 12.3 Å². The van der Waals surface area contributed by atoms with Crippen LogP contribution in [0.3, 0.4) is 0 Å². The molecule has 3 aromatic rings. The third-order valence-electron chi connectivity index (χ3n) is 4.37. The Morgan fingerprint density at radius 3 is 2.74 bits per heavy atom. The number of aromatic nitrogens is 4. The summed E-state index contributed by atoms with van der Waals surface area (Å²) in [5.41, 5.74) is 7.20. The van der Waals surface area contributed by atoms with Gasteiger partial charge in [-0.2, -0.15) is 9.97 Å². The number of benzene rings is 1. The van der Waals surface area contributed by atoms with E-state index in [0.717, 1.165) is 5.56 Å². The van der Waals surface area contributed by atoms with E-state index < -0.39 is 31.2 Å². The number of anilines is 1. The molecule has 0 unspecified atom stereocenters. The Hall–Kier alpha value is -2.82. The predicted octanol–water partition coefficient (Wildman–Crippen LogP) is 0.576. The zero-order chi connectivity index (χ0) is 19.0. The van der Waals surface area contributed by atoms with Crippen molar-refractivity contribution in [1.82, 2.24) is 19.5 Å². The Balaban J connectivity index is 1.66. The number of aliphatic hydroxyl groups excluding tert-OH is 2. The van der Waals surface area contributed by atoms with Crippen LogP contribution >= 0.6 is 0 Å². The third-order valence-corrected chi connectivity index (χ3v) is 4.37. The molecule has 4 N–H and O–H groups in total. The second-order valence-corrected chi connectivity index (χ2v) is 6.17. The normalized spacial score (nSPS) is 25.1. The minimum Gasteiger partial charge on any atom is -0.471 e. The van der Waals surface area contributed by atoms with Crippen LogP contribution < -0.4 is 10.5 Å². The zero-order valence-electron chi connectivity index (χ0n) is 14.1. The highest BCUT2D eigenvalue weighted by molar-refractivity contribution is 5.77. The number of halogens is 1. The van der Waals surface area contributed by atoms with Gasteiger partial charge in [0.25, 0.3) is 0 Å². The molecule has 0 saturated carbocycles. The topological polar surface area (TPSA) is 129 Å². The Bertz CT molecular complexity index is 938. The number of nitrogens with two attached hydrogens (primary N) is 1. The van der Waals surface area contributed by atoms with Crippen LogP contribution in [-0.4, -0.2) is 54.7 Å². The molecule has 4 rings (SSSR count). The van der Waals surface area contributed by atoms with Crippen LogP contribution in [0.5, 0.6) is 5.88 Å². The average Bonchev–Trinajstić information content (AvgIpc) is 3.22. The molecular formula is C17H18FN5O4. The number of hydrogen-bond donors (Lipinski definition) is 3. The Morgan fingerprint density at radius 1 is 1.26 bits per heavy atom. The summed E-state index contributed by atoms with van der Waals surface area (Å²) >= 11 is 0. The van der Waals surface area contributed by atoms with E-state index in [0.29, 0.717) is 0 Å². The Morgan fingerprint density at radius 2 is 2.04 bits per heavy atom. The van der Waals surface area contributed by atoms with E-state index in [1.807, 2.05) is 30.3 Å². The number of aliphatic hydroxyl groups is 2. The molecule has 1 aliphatic heterocycles. The molecule has 1 fully saturated rings. The number of nitrogen functional groups attached to an aromatic ring is 1. The molecule has 0 spiro atoms. The van der Waals surface area contributed by atoms with Crippen LogP contribution in [0, 0.1) is 0 Å². The van der Waals surface area contributed by atoms with Gasteiger partial charge in [0, 0.05) is 0 Å². The monoisotopic (exact) mass is 375 g/mol. The molecule has 1 aromatic carbocycles. The summed E-state index contributed by atoms with van der Waals surface area (Å²) in [7, 11) is 0. The van der Waals surface area contributed by atoms with E-state index in [-0.39, 0.29) is 29.6 Å². The van der Waals surface area contributed by atoms with Crippen molar-refractivity contribution in [3.8, 4) is 5.88 Å². The maximum atomic E-state index is 14.4. The van der Waals surface area contributed by atoms with Gasteiger partial charge in [0.05, 0.1) is 12.9 Å². The smallest absolute Gasteiger partial charge is 0.247 e. The zero-order valence-corrected chi connectivity index (χ0v) is 14.1. The maximum absolute atomic E-state index is 14.4. The summed E-state index contributed by atoms with van der Waals surface area (Å²) in [6, 6.07) is 9.47. The van der Waals surface area contributed by atoms with Gasteiger partial charge in [0.2, 0.25) is 11.8 Å². The molecule has 1 saturated heterocycles. The molecule has 0 bridgehead atoms. The molecule has 27 heavy (non-hydrogen) atoms. The van der Waals surface area contributed by atoms with Gasteiger partial charge < -0.3 is 25.4 Å². The van der Waals surface area contributed by atoms with Crippen molar-refractivity contribution in [3.05, 3.63) is 42.2 Å². The first-order valence-electron chi connectivity index (χ1n) is 8.33. The van der Waals surface area contributed by atoms with Crippen LogP contribution in [0.15, 0.2) is 36.7 Å². The SMILES string of the molecule is Nc1nc(OCc2ccccc2)c2ncn([C@@H]3O[C@H](CO)[C@@H](O)[C@@H]3F)c2n1. The number of nitrogens with zero attached hydrogens (tertiary/aromatic N) is 4. The van der Waals surface area contributed by atoms with Gasteiger partial charge in [-0.25, -0.2) is 9.37 Å². The first-order chi connectivity index (χ1) is 13.1. The predicted molar refractivity (Wildman–Crippen MR) is 92.4 cm³/mol. The molecule has 10 heteroatoms. The summed E-state index contributed by atoms with van der Waals surface area (Å²) in [6.07, 6.45) is -4.12. The number of rotatable bonds is 5. The van der Waals surface area contributed by atoms with Crippen LogP contribution in [0.2, 0.25) is 0 Å². The standard InChI is InChI=1S/C17H18FN5O4/c18-11-13(25)10(6-24)27-16(11)23-8-20-12-14(23)21-17(19)22-15(12)26-7-9-4-2-1-3-5-9/h1-5,8,10-11,13,16,24-25H,6-7H2,(H2,19,21,22)/t10-,11+,13-,16-/m1/s1. The Kier molecular flexibility index (Phi) is 4.60. The van der Waals surface area contributed by atoms with Gasteiger partial charge in [0.15, 0.2) is 23.6 Å². The molecule has 2 aromatic heterocycles. The summed E-state index contributed by atoms with van der Waals surface area (Å²) in [5.74, 6) is 0.0905. The third kappa shape index (κ3) is 3.18. The lowest BCUT2D eigenvalue weighted by Crippen LogP contribution is -2.30. The van der Waals surface area contributed by atoms with Gasteiger partial charge in [-0.15, -0.1) is 0 Å². The Labute approximate surface area is 153 Å². The van der Waals surface area contributed by atoms with Gasteiger partial charge in [0.1, 0.15) is 18.8 Å². The first kappa shape index (κ1) is 17.6. The lowest BCUT2D eigenvalue weighted by Gasteiger charge is -2.15. The van der Waals surface area contributed by atoms with Gasteiger partial charge in [-0.1, -0.05) is 30.3 Å². The van der Waals surface area contributed by atoms with Crippen LogP contribution in [0.1, 0.15) is 11.8 Å². The molecular weight excluding hydrogens is 357 g/mol. The summed E-state index contributed by atoms with van der Waals surface area (Å²) in [5, 5.41) is 19.0. The number of fused-ring (bicyclic) bond motifs is 1. The number of ether oxygens (including phenoxy) is 2.